The van der Waals surface area contributed by atoms with Crippen LogP contribution in [0.5, 0.6) is 0 Å². The van der Waals surface area contributed by atoms with Crippen LogP contribution in [0, 0.1) is 0 Å². The third-order valence-corrected chi connectivity index (χ3v) is 3.84. The molecule has 4 nitrogen and oxygen atoms in total. The van der Waals surface area contributed by atoms with Crippen molar-refractivity contribution in [1.29, 1.82) is 0 Å². The molecular weight excluding hydrogens is 260 g/mol. The molecule has 2 N–H and O–H groups in total. The van der Waals surface area contributed by atoms with Crippen molar-refractivity contribution < 1.29 is 0 Å². The second-order valence-electron chi connectivity index (χ2n) is 5.63. The Balaban J connectivity index is 1.91. The molecule has 4 heteroatoms. The van der Waals surface area contributed by atoms with E-state index in [-0.39, 0.29) is 0 Å². The summed E-state index contributed by atoms with van der Waals surface area (Å²) < 4.78 is 0. The lowest BCUT2D eigenvalue weighted by atomic mass is 10.1. The van der Waals surface area contributed by atoms with Crippen LogP contribution in [-0.4, -0.2) is 44.6 Å². The normalized spacial score (nSPS) is 17.2. The summed E-state index contributed by atoms with van der Waals surface area (Å²) in [5, 5.41) is 6.91. The minimum atomic E-state index is 0.325. The number of rotatable bonds is 5. The lowest BCUT2D eigenvalue weighted by Crippen LogP contribution is -2.45. The molecule has 1 aromatic carbocycles. The van der Waals surface area contributed by atoms with Gasteiger partial charge < -0.3 is 15.5 Å². The van der Waals surface area contributed by atoms with Crippen LogP contribution in [0.15, 0.2) is 47.5 Å². The number of nitrogens with zero attached hydrogens (tertiary/aromatic N) is 2. The first-order valence-corrected chi connectivity index (χ1v) is 7.54. The van der Waals surface area contributed by atoms with E-state index in [0.717, 1.165) is 25.3 Å². The maximum absolute atomic E-state index is 4.32. The standard InChI is InChI=1S/C17H26N4/c1-18-17(20-15-11-7-8-12-15)19-13-16(21(2)3)14-9-5-4-6-10-14/h4-10,15-16H,11-13H2,1-3H3,(H2,18,19,20). The van der Waals surface area contributed by atoms with Crippen LogP contribution in [0.2, 0.25) is 0 Å². The maximum Gasteiger partial charge on any atom is 0.191 e. The number of hydrogen-bond donors (Lipinski definition) is 2. The lowest BCUT2D eigenvalue weighted by Gasteiger charge is -2.26. The van der Waals surface area contributed by atoms with Gasteiger partial charge in [0.05, 0.1) is 6.04 Å². The van der Waals surface area contributed by atoms with E-state index in [1.165, 1.54) is 5.56 Å². The van der Waals surface area contributed by atoms with Crippen molar-refractivity contribution >= 4 is 5.96 Å². The average Bonchev–Trinajstić information content (AvgIpc) is 3.00. The fourth-order valence-corrected chi connectivity index (χ4v) is 2.59. The van der Waals surface area contributed by atoms with Crippen molar-refractivity contribution in [3.63, 3.8) is 0 Å². The molecule has 0 saturated carbocycles. The highest BCUT2D eigenvalue weighted by Crippen LogP contribution is 2.16. The fourth-order valence-electron chi connectivity index (χ4n) is 2.59. The van der Waals surface area contributed by atoms with Crippen LogP contribution >= 0.6 is 0 Å². The Bertz CT molecular complexity index is 471. The molecule has 1 aromatic rings. The zero-order valence-corrected chi connectivity index (χ0v) is 13.2. The summed E-state index contributed by atoms with van der Waals surface area (Å²) in [4.78, 5) is 6.55. The number of hydrogen-bond acceptors (Lipinski definition) is 2. The van der Waals surface area contributed by atoms with Gasteiger partial charge in [-0.05, 0) is 32.5 Å². The minimum absolute atomic E-state index is 0.325. The molecule has 0 fully saturated rings. The Hall–Kier alpha value is -1.81. The van der Waals surface area contributed by atoms with Crippen LogP contribution in [0.1, 0.15) is 24.4 Å². The Labute approximate surface area is 128 Å². The van der Waals surface area contributed by atoms with Gasteiger partial charge in [0.25, 0.3) is 0 Å². The van der Waals surface area contributed by atoms with Gasteiger partial charge >= 0.3 is 0 Å². The van der Waals surface area contributed by atoms with E-state index < -0.39 is 0 Å². The van der Waals surface area contributed by atoms with E-state index in [1.807, 2.05) is 7.05 Å². The predicted molar refractivity (Wildman–Crippen MR) is 89.5 cm³/mol. The zero-order valence-electron chi connectivity index (χ0n) is 13.2. The molecule has 1 atom stereocenters. The van der Waals surface area contributed by atoms with Gasteiger partial charge in [0.2, 0.25) is 0 Å². The molecule has 21 heavy (non-hydrogen) atoms. The van der Waals surface area contributed by atoms with Gasteiger partial charge in [-0.1, -0.05) is 42.5 Å². The number of benzene rings is 1. The van der Waals surface area contributed by atoms with Crippen molar-refractivity contribution in [2.75, 3.05) is 27.7 Å². The van der Waals surface area contributed by atoms with Crippen LogP contribution in [0.3, 0.4) is 0 Å². The molecule has 0 saturated heterocycles. The first-order chi connectivity index (χ1) is 10.2. The van der Waals surface area contributed by atoms with E-state index in [9.17, 15) is 0 Å². The molecule has 0 bridgehead atoms. The molecule has 1 unspecified atom stereocenters. The number of nitrogens with one attached hydrogen (secondary N) is 2. The smallest absolute Gasteiger partial charge is 0.191 e. The predicted octanol–water partition coefficient (Wildman–Crippen LogP) is 2.17. The molecule has 0 aromatic heterocycles. The summed E-state index contributed by atoms with van der Waals surface area (Å²) in [5.74, 6) is 0.881. The highest BCUT2D eigenvalue weighted by molar-refractivity contribution is 5.80. The first-order valence-electron chi connectivity index (χ1n) is 7.54. The number of aliphatic imine (C=N–C) groups is 1. The van der Waals surface area contributed by atoms with E-state index >= 15 is 0 Å². The molecular formula is C17H26N4. The molecule has 0 spiro atoms. The highest BCUT2D eigenvalue weighted by Gasteiger charge is 2.16. The van der Waals surface area contributed by atoms with E-state index in [4.69, 9.17) is 0 Å². The van der Waals surface area contributed by atoms with Crippen LogP contribution < -0.4 is 10.6 Å². The summed E-state index contributed by atoms with van der Waals surface area (Å²) >= 11 is 0. The number of guanidine groups is 1. The summed E-state index contributed by atoms with van der Waals surface area (Å²) in [6, 6.07) is 11.4. The van der Waals surface area contributed by atoms with Gasteiger partial charge in [-0.25, -0.2) is 0 Å². The van der Waals surface area contributed by atoms with Gasteiger partial charge in [0, 0.05) is 19.6 Å². The SMILES string of the molecule is CN=C(NCC(c1ccccc1)N(C)C)NC1CC=CC1. The molecule has 0 radical (unpaired) electrons. The number of likely N-dealkylation sites (N-methyl/N-ethyl adjacent to an activating group) is 1. The van der Waals surface area contributed by atoms with Gasteiger partial charge in [-0.3, -0.25) is 4.99 Å². The third kappa shape index (κ3) is 4.60. The Morgan fingerprint density at radius 3 is 2.48 bits per heavy atom. The Morgan fingerprint density at radius 2 is 1.90 bits per heavy atom. The minimum Gasteiger partial charge on any atom is -0.354 e. The Kier molecular flexibility index (Phi) is 5.81. The average molecular weight is 286 g/mol. The zero-order chi connectivity index (χ0) is 15.1. The summed E-state index contributed by atoms with van der Waals surface area (Å²) in [6.45, 7) is 0.830. The van der Waals surface area contributed by atoms with Crippen molar-refractivity contribution in [3.8, 4) is 0 Å². The largest absolute Gasteiger partial charge is 0.354 e. The van der Waals surface area contributed by atoms with Crippen LogP contribution in [-0.2, 0) is 0 Å². The van der Waals surface area contributed by atoms with E-state index in [0.29, 0.717) is 12.1 Å². The van der Waals surface area contributed by atoms with Gasteiger partial charge in [-0.15, -0.1) is 0 Å². The fraction of sp³-hybridized carbons (Fsp3) is 0.471. The van der Waals surface area contributed by atoms with Gasteiger partial charge in [0.15, 0.2) is 5.96 Å². The van der Waals surface area contributed by atoms with Gasteiger partial charge in [0.1, 0.15) is 0 Å². The second-order valence-corrected chi connectivity index (χ2v) is 5.63. The maximum atomic E-state index is 4.32. The van der Waals surface area contributed by atoms with E-state index in [1.54, 1.807) is 0 Å². The lowest BCUT2D eigenvalue weighted by molar-refractivity contribution is 0.298. The van der Waals surface area contributed by atoms with Crippen LogP contribution in [0.25, 0.3) is 0 Å². The Morgan fingerprint density at radius 1 is 1.24 bits per heavy atom. The molecule has 1 aliphatic carbocycles. The monoisotopic (exact) mass is 286 g/mol. The molecule has 114 valence electrons. The summed E-state index contributed by atoms with van der Waals surface area (Å²) in [5.41, 5.74) is 1.31. The molecule has 0 amide bonds. The first kappa shape index (κ1) is 15.6. The third-order valence-electron chi connectivity index (χ3n) is 3.84. The van der Waals surface area contributed by atoms with Crippen molar-refractivity contribution in [2.24, 2.45) is 4.99 Å². The molecule has 0 aliphatic heterocycles. The van der Waals surface area contributed by atoms with Crippen molar-refractivity contribution in [1.82, 2.24) is 15.5 Å². The molecule has 1 aliphatic rings. The molecule has 2 rings (SSSR count). The van der Waals surface area contributed by atoms with Crippen LogP contribution in [0.4, 0.5) is 0 Å². The highest BCUT2D eigenvalue weighted by atomic mass is 15.2. The van der Waals surface area contributed by atoms with Crippen molar-refractivity contribution in [2.45, 2.75) is 24.9 Å². The quantitative estimate of drug-likeness (QED) is 0.495. The summed E-state index contributed by atoms with van der Waals surface area (Å²) in [6.07, 6.45) is 6.60. The van der Waals surface area contributed by atoms with Gasteiger partial charge in [-0.2, -0.15) is 0 Å². The van der Waals surface area contributed by atoms with Crippen molar-refractivity contribution in [3.05, 3.63) is 48.0 Å². The topological polar surface area (TPSA) is 39.7 Å². The summed E-state index contributed by atoms with van der Waals surface area (Å²) in [7, 11) is 6.04. The van der Waals surface area contributed by atoms with E-state index in [2.05, 4.69) is 77.1 Å². The second kappa shape index (κ2) is 7.84. The molecule has 0 heterocycles.